The van der Waals surface area contributed by atoms with E-state index in [9.17, 15) is 19.2 Å². The van der Waals surface area contributed by atoms with Crippen molar-refractivity contribution < 1.29 is 19.1 Å². The Kier molecular flexibility index (Phi) is 6.56. The van der Waals surface area contributed by atoms with E-state index in [-0.39, 0.29) is 29.1 Å². The summed E-state index contributed by atoms with van der Waals surface area (Å²) < 4.78 is 7.71. The number of ether oxygens (including phenoxy) is 1. The van der Waals surface area contributed by atoms with E-state index in [1.807, 2.05) is 30.3 Å². The summed E-state index contributed by atoms with van der Waals surface area (Å²) >= 11 is 5.76. The van der Waals surface area contributed by atoms with Gasteiger partial charge in [-0.1, -0.05) is 69.4 Å². The van der Waals surface area contributed by atoms with Crippen LogP contribution in [0.25, 0.3) is 0 Å². The van der Waals surface area contributed by atoms with Gasteiger partial charge in [-0.05, 0) is 29.8 Å². The summed E-state index contributed by atoms with van der Waals surface area (Å²) in [6.45, 7) is 1.81. The minimum absolute atomic E-state index is 0.105. The second-order valence-electron chi connectivity index (χ2n) is 9.06. The average Bonchev–Trinajstić information content (AvgIpc) is 3.36. The van der Waals surface area contributed by atoms with E-state index in [0.717, 1.165) is 26.3 Å². The van der Waals surface area contributed by atoms with E-state index in [2.05, 4.69) is 15.9 Å². The van der Waals surface area contributed by atoms with Gasteiger partial charge in [-0.3, -0.25) is 23.7 Å². The maximum atomic E-state index is 13.8. The van der Waals surface area contributed by atoms with Gasteiger partial charge in [0.15, 0.2) is 0 Å². The molecule has 3 aliphatic rings. The number of hydrogen-bond donors (Lipinski definition) is 0. The highest BCUT2D eigenvalue weighted by Gasteiger charge is 2.56. The number of carbonyl (C=O) groups is 3. The molecule has 3 amide bonds. The number of amides is 3. The molecule has 1 aromatic heterocycles. The molecule has 2 aromatic carbocycles. The fourth-order valence-electron chi connectivity index (χ4n) is 5.16. The van der Waals surface area contributed by atoms with Crippen LogP contribution in [0.4, 0.5) is 5.69 Å². The zero-order chi connectivity index (χ0) is 25.7. The molecule has 3 atom stereocenters. The zero-order valence-corrected chi connectivity index (χ0v) is 22.8. The van der Waals surface area contributed by atoms with Gasteiger partial charge in [-0.2, -0.15) is 0 Å². The third-order valence-electron chi connectivity index (χ3n) is 6.95. The number of hydrogen-bond acceptors (Lipinski definition) is 7. The normalized spacial score (nSPS) is 23.2. The summed E-state index contributed by atoms with van der Waals surface area (Å²) in [5, 5.41) is -0.102. The number of fused-ring (bicyclic) bond motifs is 2. The first kappa shape index (κ1) is 24.6. The van der Waals surface area contributed by atoms with Crippen molar-refractivity contribution in [1.29, 1.82) is 0 Å². The van der Waals surface area contributed by atoms with Crippen LogP contribution < -0.4 is 9.77 Å². The first-order chi connectivity index (χ1) is 17.9. The fraction of sp³-hybridized carbons (Fsp3) is 0.308. The number of thiazole rings is 1. The van der Waals surface area contributed by atoms with Crippen LogP contribution in [0.2, 0.25) is 0 Å². The number of para-hydroxylation sites is 1. The van der Waals surface area contributed by atoms with Crippen molar-refractivity contribution in [2.75, 3.05) is 31.2 Å². The second-order valence-corrected chi connectivity index (χ2v) is 12.1. The van der Waals surface area contributed by atoms with Crippen LogP contribution in [0.1, 0.15) is 16.4 Å². The van der Waals surface area contributed by atoms with E-state index in [4.69, 9.17) is 4.74 Å². The number of morpholine rings is 1. The molecule has 11 heteroatoms. The lowest BCUT2D eigenvalue weighted by atomic mass is 9.83. The Hall–Kier alpha value is -2.73. The molecule has 8 nitrogen and oxygen atoms in total. The summed E-state index contributed by atoms with van der Waals surface area (Å²) in [5.74, 6) is -1.87. The summed E-state index contributed by atoms with van der Waals surface area (Å²) in [4.78, 5) is 57.2. The molecule has 2 saturated heterocycles. The number of benzene rings is 2. The molecular formula is C26H22BrN3O5S2. The molecule has 2 unspecified atom stereocenters. The highest BCUT2D eigenvalue weighted by Crippen LogP contribution is 2.53. The van der Waals surface area contributed by atoms with Crippen molar-refractivity contribution in [3.05, 3.63) is 79.2 Å². The fourth-order valence-corrected chi connectivity index (χ4v) is 8.20. The van der Waals surface area contributed by atoms with Crippen molar-refractivity contribution in [2.45, 2.75) is 22.7 Å². The second kappa shape index (κ2) is 9.86. The highest BCUT2D eigenvalue weighted by molar-refractivity contribution is 9.10. The number of carbonyl (C=O) groups excluding carboxylic acids is 3. The molecule has 0 bridgehead atoms. The number of nitrogens with zero attached hydrogens (tertiary/aromatic N) is 3. The Morgan fingerprint density at radius 2 is 1.68 bits per heavy atom. The van der Waals surface area contributed by atoms with Crippen LogP contribution in [-0.4, -0.2) is 58.7 Å². The number of thioether (sulfide) groups is 1. The molecule has 0 saturated carbocycles. The number of aromatic nitrogens is 1. The molecule has 4 heterocycles. The minimum Gasteiger partial charge on any atom is -0.378 e. The summed E-state index contributed by atoms with van der Waals surface area (Å²) in [6.07, 6.45) is 0. The third-order valence-corrected chi connectivity index (χ3v) is 10.1. The van der Waals surface area contributed by atoms with Gasteiger partial charge in [-0.15, -0.1) is 0 Å². The lowest BCUT2D eigenvalue weighted by molar-refractivity contribution is -0.136. The Morgan fingerprint density at radius 1 is 0.973 bits per heavy atom. The van der Waals surface area contributed by atoms with E-state index >= 15 is 0 Å². The topological polar surface area (TPSA) is 88.9 Å². The third kappa shape index (κ3) is 4.27. The molecule has 37 heavy (non-hydrogen) atoms. The standard InChI is InChI=1S/C26H22BrN3O5S2/c27-16-8-6-15(7-9-16)19-20-21(24(33)30(23(20)32)17-4-2-1-3-5-17)36-25-22(19)37-26(34)29(25)14-18(31)28-10-12-35-13-11-28/h1-9,19-21H,10-14H2/t19-,20?,21?/m1/s1. The van der Waals surface area contributed by atoms with Crippen molar-refractivity contribution in [1.82, 2.24) is 9.47 Å². The molecule has 0 aliphatic carbocycles. The predicted octanol–water partition coefficient (Wildman–Crippen LogP) is 3.33. The average molecular weight is 601 g/mol. The number of imide groups is 1. The summed E-state index contributed by atoms with van der Waals surface area (Å²) in [6, 6.07) is 16.5. The van der Waals surface area contributed by atoms with Gasteiger partial charge in [0.2, 0.25) is 17.7 Å². The van der Waals surface area contributed by atoms with Crippen molar-refractivity contribution >= 4 is 62.4 Å². The van der Waals surface area contributed by atoms with Crippen LogP contribution in [0.5, 0.6) is 0 Å². The quantitative estimate of drug-likeness (QED) is 0.427. The highest BCUT2D eigenvalue weighted by atomic mass is 79.9. The first-order valence-corrected chi connectivity index (χ1v) is 14.4. The van der Waals surface area contributed by atoms with E-state index < -0.39 is 17.1 Å². The van der Waals surface area contributed by atoms with Crippen molar-refractivity contribution in [3.63, 3.8) is 0 Å². The number of anilines is 1. The lowest BCUT2D eigenvalue weighted by Crippen LogP contribution is -2.43. The molecule has 0 N–H and O–H groups in total. The maximum absolute atomic E-state index is 13.8. The van der Waals surface area contributed by atoms with E-state index in [1.54, 1.807) is 29.2 Å². The van der Waals surface area contributed by atoms with E-state index in [1.165, 1.54) is 21.2 Å². The van der Waals surface area contributed by atoms with Crippen LogP contribution in [0.3, 0.4) is 0 Å². The predicted molar refractivity (Wildman–Crippen MR) is 144 cm³/mol. The Bertz CT molecular complexity index is 1430. The van der Waals surface area contributed by atoms with Gasteiger partial charge in [0.1, 0.15) is 11.8 Å². The number of rotatable bonds is 4. The molecule has 0 spiro atoms. The molecule has 190 valence electrons. The Balaban J connectivity index is 1.44. The molecular weight excluding hydrogens is 578 g/mol. The smallest absolute Gasteiger partial charge is 0.308 e. The van der Waals surface area contributed by atoms with Gasteiger partial charge in [0, 0.05) is 28.4 Å². The maximum Gasteiger partial charge on any atom is 0.308 e. The largest absolute Gasteiger partial charge is 0.378 e. The molecule has 6 rings (SSSR count). The van der Waals surface area contributed by atoms with E-state index in [0.29, 0.717) is 37.0 Å². The molecule has 0 radical (unpaired) electrons. The Morgan fingerprint density at radius 3 is 2.38 bits per heavy atom. The molecule has 3 aliphatic heterocycles. The van der Waals surface area contributed by atoms with Crippen molar-refractivity contribution in [2.24, 2.45) is 5.92 Å². The first-order valence-electron chi connectivity index (χ1n) is 11.9. The van der Waals surface area contributed by atoms with Gasteiger partial charge >= 0.3 is 4.87 Å². The SMILES string of the molecule is O=C(Cn1c2c(sc1=O)[C@H](c1ccc(Br)cc1)C1C(=O)N(c3ccccc3)C(=O)C1S2)N1CCOCC1. The minimum atomic E-state index is -0.701. The van der Waals surface area contributed by atoms with Crippen LogP contribution in [0, 0.1) is 5.92 Å². The summed E-state index contributed by atoms with van der Waals surface area (Å²) in [5.41, 5.74) is 1.38. The Labute approximate surface area is 229 Å². The van der Waals surface area contributed by atoms with Crippen LogP contribution in [-0.2, 0) is 25.7 Å². The number of halogens is 1. The molecule has 3 aromatic rings. The molecule has 2 fully saturated rings. The van der Waals surface area contributed by atoms with Gasteiger partial charge in [0.25, 0.3) is 0 Å². The zero-order valence-electron chi connectivity index (χ0n) is 19.5. The monoisotopic (exact) mass is 599 g/mol. The van der Waals surface area contributed by atoms with Gasteiger partial charge < -0.3 is 9.64 Å². The van der Waals surface area contributed by atoms with Crippen molar-refractivity contribution in [3.8, 4) is 0 Å². The van der Waals surface area contributed by atoms with Gasteiger partial charge in [0.05, 0.1) is 29.8 Å². The van der Waals surface area contributed by atoms with Crippen LogP contribution in [0.15, 0.2) is 68.9 Å². The van der Waals surface area contributed by atoms with Crippen LogP contribution >= 0.6 is 39.0 Å². The van der Waals surface area contributed by atoms with Gasteiger partial charge in [-0.25, -0.2) is 4.90 Å². The lowest BCUT2D eigenvalue weighted by Gasteiger charge is -2.31. The summed E-state index contributed by atoms with van der Waals surface area (Å²) in [7, 11) is 0.